The normalized spacial score (nSPS) is 35.4. The predicted molar refractivity (Wildman–Crippen MR) is 42.7 cm³/mol. The van der Waals surface area contributed by atoms with Crippen molar-refractivity contribution in [3.05, 3.63) is 5.92 Å². The lowest BCUT2D eigenvalue weighted by Crippen LogP contribution is -2.14. The van der Waals surface area contributed by atoms with Gasteiger partial charge in [-0.1, -0.05) is 6.42 Å². The lowest BCUT2D eigenvalue weighted by atomic mass is 9.92. The fraction of sp³-hybridized carbons (Fsp3) is 0.889. The van der Waals surface area contributed by atoms with E-state index in [0.717, 1.165) is 5.92 Å². The van der Waals surface area contributed by atoms with E-state index in [-0.39, 0.29) is 0 Å². The summed E-state index contributed by atoms with van der Waals surface area (Å²) in [6.07, 6.45) is 7.17. The van der Waals surface area contributed by atoms with Crippen molar-refractivity contribution >= 4 is 0 Å². The number of hydrogen-bond donors (Lipinski definition) is 1. The number of fused-ring (bicyclic) bond motifs is 1. The van der Waals surface area contributed by atoms with Crippen molar-refractivity contribution in [2.24, 2.45) is 5.92 Å². The zero-order valence-electron chi connectivity index (χ0n) is 6.53. The van der Waals surface area contributed by atoms with Crippen molar-refractivity contribution in [3.8, 4) is 0 Å². The molecule has 1 unspecified atom stereocenters. The Morgan fingerprint density at radius 2 is 2.10 bits per heavy atom. The number of rotatable bonds is 0. The van der Waals surface area contributed by atoms with Crippen molar-refractivity contribution in [1.29, 1.82) is 0 Å². The quantitative estimate of drug-likeness (QED) is 0.537. The van der Waals surface area contributed by atoms with Crippen LogP contribution in [0.4, 0.5) is 0 Å². The van der Waals surface area contributed by atoms with Crippen LogP contribution in [0.3, 0.4) is 0 Å². The second-order valence-electron chi connectivity index (χ2n) is 3.54. The molecule has 2 rings (SSSR count). The van der Waals surface area contributed by atoms with Crippen LogP contribution in [0.1, 0.15) is 32.1 Å². The summed E-state index contributed by atoms with van der Waals surface area (Å²) in [4.78, 5) is 0. The molecule has 2 aliphatic rings. The average Bonchev–Trinajstić information content (AvgIpc) is 2.28. The summed E-state index contributed by atoms with van der Waals surface area (Å²) in [7, 11) is 0. The first-order chi connectivity index (χ1) is 4.97. The molecule has 1 nitrogen and oxygen atoms in total. The number of nitrogens with one attached hydrogen (secondary N) is 1. The predicted octanol–water partition coefficient (Wildman–Crippen LogP) is 1.74. The van der Waals surface area contributed by atoms with E-state index < -0.39 is 0 Å². The summed E-state index contributed by atoms with van der Waals surface area (Å²) in [5.41, 5.74) is 0. The first kappa shape index (κ1) is 6.66. The summed E-state index contributed by atoms with van der Waals surface area (Å²) in [6, 6.07) is 0. The Labute approximate surface area is 63.2 Å². The van der Waals surface area contributed by atoms with Gasteiger partial charge < -0.3 is 5.32 Å². The highest BCUT2D eigenvalue weighted by molar-refractivity contribution is 5.03. The van der Waals surface area contributed by atoms with Gasteiger partial charge >= 0.3 is 0 Å². The van der Waals surface area contributed by atoms with Crippen LogP contribution in [0.5, 0.6) is 0 Å². The first-order valence-corrected chi connectivity index (χ1v) is 4.52. The van der Waals surface area contributed by atoms with E-state index in [9.17, 15) is 0 Å². The van der Waals surface area contributed by atoms with Crippen LogP contribution in [0.15, 0.2) is 0 Å². The first-order valence-electron chi connectivity index (χ1n) is 4.52. The maximum atomic E-state index is 3.46. The molecule has 0 aromatic heterocycles. The van der Waals surface area contributed by atoms with Gasteiger partial charge in [-0.15, -0.1) is 0 Å². The minimum absolute atomic E-state index is 1.01. The zero-order valence-corrected chi connectivity index (χ0v) is 6.53. The fourth-order valence-corrected chi connectivity index (χ4v) is 2.31. The van der Waals surface area contributed by atoms with Crippen LogP contribution in [0.2, 0.25) is 0 Å². The summed E-state index contributed by atoms with van der Waals surface area (Å²) in [5.74, 6) is 2.88. The van der Waals surface area contributed by atoms with Gasteiger partial charge in [0.2, 0.25) is 0 Å². The van der Waals surface area contributed by atoms with Gasteiger partial charge in [0.15, 0.2) is 0 Å². The summed E-state index contributed by atoms with van der Waals surface area (Å²) in [5, 5.41) is 3.46. The standard InChI is InChI=1S/C9H16N/c1-2-8-4-6-10-7-5-9(8)3-1/h8,10H,1-7H2. The largest absolute Gasteiger partial charge is 0.317 e. The van der Waals surface area contributed by atoms with Gasteiger partial charge in [-0.25, -0.2) is 0 Å². The van der Waals surface area contributed by atoms with Crippen molar-refractivity contribution in [1.82, 2.24) is 5.32 Å². The Morgan fingerprint density at radius 1 is 1.10 bits per heavy atom. The van der Waals surface area contributed by atoms with Crippen molar-refractivity contribution < 1.29 is 0 Å². The fourth-order valence-electron chi connectivity index (χ4n) is 2.31. The van der Waals surface area contributed by atoms with Crippen molar-refractivity contribution in [3.63, 3.8) is 0 Å². The third kappa shape index (κ3) is 1.20. The zero-order chi connectivity index (χ0) is 6.81. The van der Waals surface area contributed by atoms with Crippen LogP contribution in [-0.2, 0) is 0 Å². The Hall–Kier alpha value is -0.0400. The Balaban J connectivity index is 1.95. The maximum absolute atomic E-state index is 3.46. The van der Waals surface area contributed by atoms with Gasteiger partial charge in [-0.2, -0.15) is 0 Å². The lowest BCUT2D eigenvalue weighted by Gasteiger charge is -2.12. The summed E-state index contributed by atoms with van der Waals surface area (Å²) < 4.78 is 0. The van der Waals surface area contributed by atoms with Crippen LogP contribution in [0, 0.1) is 11.8 Å². The number of hydrogen-bond acceptors (Lipinski definition) is 1. The summed E-state index contributed by atoms with van der Waals surface area (Å²) >= 11 is 0. The molecule has 1 radical (unpaired) electrons. The van der Waals surface area contributed by atoms with E-state index in [2.05, 4.69) is 5.32 Å². The summed E-state index contributed by atoms with van der Waals surface area (Å²) in [6.45, 7) is 2.50. The Bertz CT molecular complexity index is 99.3. The molecule has 0 amide bonds. The molecule has 0 spiro atoms. The molecule has 2 fully saturated rings. The van der Waals surface area contributed by atoms with E-state index >= 15 is 0 Å². The van der Waals surface area contributed by atoms with Crippen LogP contribution >= 0.6 is 0 Å². The van der Waals surface area contributed by atoms with E-state index in [4.69, 9.17) is 0 Å². The molecule has 1 N–H and O–H groups in total. The minimum atomic E-state index is 1.01. The molecule has 1 heteroatoms. The smallest absolute Gasteiger partial charge is 0.00433 e. The second-order valence-corrected chi connectivity index (χ2v) is 3.54. The molecule has 1 aliphatic carbocycles. The molecule has 1 heterocycles. The van der Waals surface area contributed by atoms with E-state index in [1.165, 1.54) is 45.2 Å². The van der Waals surface area contributed by atoms with Gasteiger partial charge in [0.1, 0.15) is 0 Å². The van der Waals surface area contributed by atoms with Crippen LogP contribution in [-0.4, -0.2) is 13.1 Å². The molecule has 0 aromatic carbocycles. The highest BCUT2D eigenvalue weighted by Gasteiger charge is 2.28. The van der Waals surface area contributed by atoms with Crippen LogP contribution < -0.4 is 5.32 Å². The molecule has 0 aromatic rings. The molecular weight excluding hydrogens is 122 g/mol. The molecule has 57 valence electrons. The van der Waals surface area contributed by atoms with Gasteiger partial charge in [-0.05, 0) is 50.6 Å². The molecule has 1 aliphatic heterocycles. The third-order valence-electron chi connectivity index (χ3n) is 2.92. The highest BCUT2D eigenvalue weighted by Crippen LogP contribution is 2.38. The Kier molecular flexibility index (Phi) is 1.94. The maximum Gasteiger partial charge on any atom is -0.00433 e. The molecule has 10 heavy (non-hydrogen) atoms. The second kappa shape index (κ2) is 2.91. The van der Waals surface area contributed by atoms with Crippen molar-refractivity contribution in [2.45, 2.75) is 32.1 Å². The molecule has 1 saturated carbocycles. The monoisotopic (exact) mass is 138 g/mol. The minimum Gasteiger partial charge on any atom is -0.317 e. The molecule has 0 bridgehead atoms. The van der Waals surface area contributed by atoms with Gasteiger partial charge in [0.25, 0.3) is 0 Å². The van der Waals surface area contributed by atoms with E-state index in [1.54, 1.807) is 0 Å². The van der Waals surface area contributed by atoms with Gasteiger partial charge in [0, 0.05) is 0 Å². The molecule has 1 atom stereocenters. The SMILES string of the molecule is C1C[C]2CCNCCC2C1. The van der Waals surface area contributed by atoms with E-state index in [1.807, 2.05) is 5.92 Å². The van der Waals surface area contributed by atoms with Crippen LogP contribution in [0.25, 0.3) is 0 Å². The lowest BCUT2D eigenvalue weighted by molar-refractivity contribution is 0.536. The third-order valence-corrected chi connectivity index (χ3v) is 2.92. The highest BCUT2D eigenvalue weighted by atomic mass is 14.9. The van der Waals surface area contributed by atoms with E-state index in [0.29, 0.717) is 0 Å². The Morgan fingerprint density at radius 3 is 3.10 bits per heavy atom. The average molecular weight is 138 g/mol. The molecular formula is C9H16N. The topological polar surface area (TPSA) is 12.0 Å². The molecule has 1 saturated heterocycles. The van der Waals surface area contributed by atoms with Gasteiger partial charge in [-0.3, -0.25) is 0 Å². The van der Waals surface area contributed by atoms with Gasteiger partial charge in [0.05, 0.1) is 0 Å². The van der Waals surface area contributed by atoms with Crippen molar-refractivity contribution in [2.75, 3.05) is 13.1 Å².